The third-order valence-corrected chi connectivity index (χ3v) is 7.93. The average molecular weight is 450 g/mol. The molecule has 0 radical (unpaired) electrons. The summed E-state index contributed by atoms with van der Waals surface area (Å²) in [4.78, 5) is 27.8. The molecule has 0 aromatic carbocycles. The summed E-state index contributed by atoms with van der Waals surface area (Å²) < 4.78 is 5.42. The zero-order valence-corrected chi connectivity index (χ0v) is 20.1. The molecular formula is C25H39NO6. The topological polar surface area (TPSA) is 116 Å². The van der Waals surface area contributed by atoms with Crippen LogP contribution in [0.3, 0.4) is 0 Å². The van der Waals surface area contributed by atoms with Crippen LogP contribution in [0.4, 0.5) is 0 Å². The molecule has 0 aromatic rings. The summed E-state index contributed by atoms with van der Waals surface area (Å²) in [5.74, 6) is -1.51. The van der Waals surface area contributed by atoms with Gasteiger partial charge in [-0.2, -0.15) is 0 Å². The first kappa shape index (κ1) is 25.1. The molecule has 32 heavy (non-hydrogen) atoms. The predicted molar refractivity (Wildman–Crippen MR) is 121 cm³/mol. The standard InChI is InChI=1S/C25H39NO6/c1-12(2)9-17-21-14(4)15(5)22(29)16-10-13(3)7-8-18(27)23(30)19(32-6)11-20(28)25(16,21)24(31)26-17/h10,12,16-19,21-23,27,29-30H,7-9,11H2,1-6H3,(H,26,31)/b13-10+. The largest absolute Gasteiger partial charge is 0.390 e. The summed E-state index contributed by atoms with van der Waals surface area (Å²) in [6.45, 7) is 9.84. The number of aliphatic hydroxyl groups excluding tert-OH is 3. The molecule has 0 saturated carbocycles. The van der Waals surface area contributed by atoms with E-state index in [2.05, 4.69) is 19.2 Å². The molecule has 1 amide bonds. The third-order valence-electron chi connectivity index (χ3n) is 7.93. The van der Waals surface area contributed by atoms with Crippen LogP contribution in [0.2, 0.25) is 0 Å². The van der Waals surface area contributed by atoms with Gasteiger partial charge in [0.05, 0.1) is 18.3 Å². The first-order valence-electron chi connectivity index (χ1n) is 11.7. The van der Waals surface area contributed by atoms with E-state index in [9.17, 15) is 24.9 Å². The number of nitrogens with one attached hydrogen (secondary N) is 1. The van der Waals surface area contributed by atoms with Crippen LogP contribution in [0.5, 0.6) is 0 Å². The highest BCUT2D eigenvalue weighted by Crippen LogP contribution is 2.56. The summed E-state index contributed by atoms with van der Waals surface area (Å²) in [5, 5.41) is 35.5. The number of carbonyl (C=O) groups is 2. The van der Waals surface area contributed by atoms with Gasteiger partial charge >= 0.3 is 0 Å². The number of hydrogen-bond acceptors (Lipinski definition) is 6. The van der Waals surface area contributed by atoms with Gasteiger partial charge in [0.2, 0.25) is 5.91 Å². The minimum atomic E-state index is -1.48. The smallest absolute Gasteiger partial charge is 0.235 e. The Bertz CT molecular complexity index is 817. The second-order valence-corrected chi connectivity index (χ2v) is 10.4. The van der Waals surface area contributed by atoms with Crippen molar-refractivity contribution in [3.05, 3.63) is 22.8 Å². The molecule has 1 heterocycles. The van der Waals surface area contributed by atoms with Crippen LogP contribution in [0.25, 0.3) is 0 Å². The molecule has 1 aliphatic heterocycles. The number of Topliss-reactive ketones (excluding diaryl/α,β-unsaturated/α-hetero) is 1. The number of hydrogen-bond donors (Lipinski definition) is 4. The second kappa shape index (κ2) is 9.37. The van der Waals surface area contributed by atoms with E-state index < -0.39 is 35.7 Å². The Labute approximate surface area is 190 Å². The van der Waals surface area contributed by atoms with E-state index in [0.29, 0.717) is 18.8 Å². The molecule has 1 saturated heterocycles. The van der Waals surface area contributed by atoms with E-state index in [0.717, 1.165) is 23.1 Å². The van der Waals surface area contributed by atoms with Crippen LogP contribution in [0, 0.1) is 23.2 Å². The maximum atomic E-state index is 14.1. The van der Waals surface area contributed by atoms with Crippen LogP contribution < -0.4 is 5.32 Å². The molecule has 7 heteroatoms. The van der Waals surface area contributed by atoms with Crippen molar-refractivity contribution in [2.75, 3.05) is 7.11 Å². The highest BCUT2D eigenvalue weighted by Gasteiger charge is 2.67. The second-order valence-electron chi connectivity index (χ2n) is 10.4. The fourth-order valence-corrected chi connectivity index (χ4v) is 6.12. The summed E-state index contributed by atoms with van der Waals surface area (Å²) >= 11 is 0. The zero-order valence-electron chi connectivity index (χ0n) is 20.1. The molecule has 8 unspecified atom stereocenters. The summed E-state index contributed by atoms with van der Waals surface area (Å²) in [5.41, 5.74) is 1.07. The van der Waals surface area contributed by atoms with Crippen molar-refractivity contribution in [1.82, 2.24) is 5.32 Å². The number of rotatable bonds is 3. The number of carbonyl (C=O) groups excluding carboxylic acids is 2. The van der Waals surface area contributed by atoms with E-state index in [4.69, 9.17) is 4.74 Å². The van der Waals surface area contributed by atoms with Crippen molar-refractivity contribution in [3.8, 4) is 0 Å². The van der Waals surface area contributed by atoms with Crippen molar-refractivity contribution in [3.63, 3.8) is 0 Å². The van der Waals surface area contributed by atoms with E-state index in [1.54, 1.807) is 0 Å². The summed E-state index contributed by atoms with van der Waals surface area (Å²) in [7, 11) is 1.39. The summed E-state index contributed by atoms with van der Waals surface area (Å²) in [6, 6.07) is -0.216. The Kier molecular flexibility index (Phi) is 7.35. The molecular weight excluding hydrogens is 410 g/mol. The van der Waals surface area contributed by atoms with Crippen LogP contribution in [-0.2, 0) is 14.3 Å². The maximum Gasteiger partial charge on any atom is 0.235 e. The molecule has 3 rings (SSSR count). The van der Waals surface area contributed by atoms with Crippen molar-refractivity contribution in [2.24, 2.45) is 23.2 Å². The lowest BCUT2D eigenvalue weighted by Crippen LogP contribution is -2.56. The van der Waals surface area contributed by atoms with Gasteiger partial charge in [0.25, 0.3) is 0 Å². The maximum absolute atomic E-state index is 14.1. The highest BCUT2D eigenvalue weighted by molar-refractivity contribution is 6.10. The molecule has 180 valence electrons. The van der Waals surface area contributed by atoms with Gasteiger partial charge in [-0.1, -0.05) is 31.1 Å². The lowest BCUT2D eigenvalue weighted by Gasteiger charge is -2.46. The number of ketones is 1. The molecule has 8 atom stereocenters. The van der Waals surface area contributed by atoms with Crippen molar-refractivity contribution < 1.29 is 29.6 Å². The molecule has 1 fully saturated rings. The normalized spacial score (nSPS) is 42.7. The minimum absolute atomic E-state index is 0.213. The SMILES string of the molecule is COC1CC(=O)C23C(=O)NC(CC(C)C)C2C(C)=C(C)C(O)C3/C=C(\C)CCC(O)C1O. The van der Waals surface area contributed by atoms with Gasteiger partial charge in [0.1, 0.15) is 11.5 Å². The van der Waals surface area contributed by atoms with Crippen LogP contribution in [-0.4, -0.2) is 64.6 Å². The minimum Gasteiger partial charge on any atom is -0.390 e. The van der Waals surface area contributed by atoms with E-state index in [1.165, 1.54) is 7.11 Å². The van der Waals surface area contributed by atoms with Gasteiger partial charge in [0.15, 0.2) is 5.78 Å². The van der Waals surface area contributed by atoms with E-state index in [1.807, 2.05) is 26.8 Å². The average Bonchev–Trinajstić information content (AvgIpc) is 3.01. The lowest BCUT2D eigenvalue weighted by molar-refractivity contribution is -0.151. The Morgan fingerprint density at radius 2 is 1.81 bits per heavy atom. The quantitative estimate of drug-likeness (QED) is 0.386. The van der Waals surface area contributed by atoms with E-state index >= 15 is 0 Å². The van der Waals surface area contributed by atoms with Crippen molar-refractivity contribution >= 4 is 11.7 Å². The number of amides is 1. The third kappa shape index (κ3) is 3.98. The first-order valence-corrected chi connectivity index (χ1v) is 11.7. The first-order chi connectivity index (χ1) is 15.0. The molecule has 0 aromatic heterocycles. The lowest BCUT2D eigenvalue weighted by atomic mass is 9.54. The number of aliphatic hydroxyl groups is 3. The molecule has 1 spiro atoms. The van der Waals surface area contributed by atoms with Gasteiger partial charge in [-0.05, 0) is 51.5 Å². The van der Waals surface area contributed by atoms with Gasteiger partial charge in [-0.25, -0.2) is 0 Å². The Hall–Kier alpha value is -1.54. The Morgan fingerprint density at radius 1 is 1.16 bits per heavy atom. The van der Waals surface area contributed by atoms with Crippen LogP contribution >= 0.6 is 0 Å². The van der Waals surface area contributed by atoms with Gasteiger partial charge < -0.3 is 25.4 Å². The Balaban J connectivity index is 2.24. The van der Waals surface area contributed by atoms with Gasteiger partial charge in [-0.3, -0.25) is 9.59 Å². The number of allylic oxidation sites excluding steroid dienone is 1. The molecule has 2 aliphatic carbocycles. The van der Waals surface area contributed by atoms with Crippen molar-refractivity contribution in [2.45, 2.75) is 90.8 Å². The van der Waals surface area contributed by atoms with E-state index in [-0.39, 0.29) is 30.1 Å². The molecule has 0 bridgehead atoms. The van der Waals surface area contributed by atoms with Crippen LogP contribution in [0.1, 0.15) is 60.3 Å². The zero-order chi connectivity index (χ0) is 24.0. The predicted octanol–water partition coefficient (Wildman–Crippen LogP) is 1.90. The summed E-state index contributed by atoms with van der Waals surface area (Å²) in [6.07, 6.45) is -1.06. The van der Waals surface area contributed by atoms with Crippen molar-refractivity contribution in [1.29, 1.82) is 0 Å². The molecule has 7 nitrogen and oxygen atoms in total. The Morgan fingerprint density at radius 3 is 2.41 bits per heavy atom. The van der Waals surface area contributed by atoms with Crippen LogP contribution in [0.15, 0.2) is 22.8 Å². The fourth-order valence-electron chi connectivity index (χ4n) is 6.12. The molecule has 3 aliphatic rings. The monoisotopic (exact) mass is 449 g/mol. The molecule has 4 N–H and O–H groups in total. The number of methoxy groups -OCH3 is 1. The van der Waals surface area contributed by atoms with Gasteiger partial charge in [0, 0.05) is 31.4 Å². The van der Waals surface area contributed by atoms with Gasteiger partial charge in [-0.15, -0.1) is 0 Å². The number of ether oxygens (including phenoxy) is 1. The fraction of sp³-hybridized carbons (Fsp3) is 0.760. The highest BCUT2D eigenvalue weighted by atomic mass is 16.5.